The number of carbonyl (C=O) groups excluding carboxylic acids is 3. The van der Waals surface area contributed by atoms with Gasteiger partial charge in [-0.2, -0.15) is 0 Å². The van der Waals surface area contributed by atoms with Crippen LogP contribution in [0, 0.1) is 12.8 Å². The molecule has 6 rings (SSSR count). The number of hydrogen-bond donors (Lipinski definition) is 3. The standard InChI is InChI=1S/C30H33N5O3S/c1-3-24(36)34-15-5-7-21(17-34)32-28(37)27-26-25-23(13-14-31-29(25)39-27)35(30(38)33-26)22-8-4-6-20(16-22)19-11-9-18(2)10-12-19/h3-4,6,8-12,16,21,23,25,29,31H,1,5,7,13-15,17H2,2H3,(H,32,37)(H,33,38)/t21-,23?,25?,29?/m1/s1. The Labute approximate surface area is 232 Å². The molecule has 4 atom stereocenters. The molecular weight excluding hydrogens is 510 g/mol. The quantitative estimate of drug-likeness (QED) is 0.500. The topological polar surface area (TPSA) is 93.8 Å². The Morgan fingerprint density at radius 2 is 1.95 bits per heavy atom. The number of thioether (sulfide) groups is 1. The number of carbonyl (C=O) groups is 3. The minimum atomic E-state index is -0.207. The van der Waals surface area contributed by atoms with E-state index in [1.807, 2.05) is 17.0 Å². The molecule has 0 aromatic heterocycles. The third kappa shape index (κ3) is 4.85. The van der Waals surface area contributed by atoms with Crippen LogP contribution in [-0.2, 0) is 9.59 Å². The first-order valence-corrected chi connectivity index (χ1v) is 14.4. The summed E-state index contributed by atoms with van der Waals surface area (Å²) in [4.78, 5) is 43.3. The van der Waals surface area contributed by atoms with Gasteiger partial charge in [0.2, 0.25) is 5.91 Å². The molecule has 0 spiro atoms. The van der Waals surface area contributed by atoms with Crippen LogP contribution in [0.5, 0.6) is 0 Å². The van der Waals surface area contributed by atoms with E-state index in [4.69, 9.17) is 0 Å². The smallest absolute Gasteiger partial charge is 0.326 e. The van der Waals surface area contributed by atoms with E-state index in [0.717, 1.165) is 42.6 Å². The highest BCUT2D eigenvalue weighted by molar-refractivity contribution is 8.04. The van der Waals surface area contributed by atoms with E-state index < -0.39 is 0 Å². The van der Waals surface area contributed by atoms with Crippen molar-refractivity contribution in [1.82, 2.24) is 20.9 Å². The molecule has 3 N–H and O–H groups in total. The van der Waals surface area contributed by atoms with Crippen molar-refractivity contribution in [2.24, 2.45) is 5.92 Å². The van der Waals surface area contributed by atoms with Gasteiger partial charge in [-0.05, 0) is 62.1 Å². The Balaban J connectivity index is 1.25. The number of piperidine rings is 2. The Morgan fingerprint density at radius 1 is 1.13 bits per heavy atom. The van der Waals surface area contributed by atoms with Crippen LogP contribution in [0.3, 0.4) is 0 Å². The maximum Gasteiger partial charge on any atom is 0.326 e. The second-order valence-electron chi connectivity index (χ2n) is 10.6. The van der Waals surface area contributed by atoms with E-state index in [0.29, 0.717) is 23.7 Å². The predicted octanol–water partition coefficient (Wildman–Crippen LogP) is 3.75. The number of anilines is 1. The summed E-state index contributed by atoms with van der Waals surface area (Å²) >= 11 is 1.50. The summed E-state index contributed by atoms with van der Waals surface area (Å²) in [5, 5.41) is 9.79. The van der Waals surface area contributed by atoms with Crippen LogP contribution in [0.2, 0.25) is 0 Å². The third-order valence-corrected chi connectivity index (χ3v) is 9.45. The summed E-state index contributed by atoms with van der Waals surface area (Å²) in [7, 11) is 0. The molecule has 8 nitrogen and oxygen atoms in total. The summed E-state index contributed by atoms with van der Waals surface area (Å²) < 4.78 is 0. The van der Waals surface area contributed by atoms with Gasteiger partial charge in [-0.15, -0.1) is 0 Å². The summed E-state index contributed by atoms with van der Waals surface area (Å²) in [6, 6.07) is 16.1. The van der Waals surface area contributed by atoms with Gasteiger partial charge in [0.05, 0.1) is 16.3 Å². The van der Waals surface area contributed by atoms with Crippen LogP contribution in [0.1, 0.15) is 24.8 Å². The fourth-order valence-electron chi connectivity index (χ4n) is 6.18. The van der Waals surface area contributed by atoms with Crippen LogP contribution in [0.25, 0.3) is 11.1 Å². The molecule has 4 heterocycles. The minimum absolute atomic E-state index is 0.00748. The lowest BCUT2D eigenvalue weighted by atomic mass is 9.86. The van der Waals surface area contributed by atoms with Crippen LogP contribution >= 0.6 is 11.8 Å². The lowest BCUT2D eigenvalue weighted by Crippen LogP contribution is -2.62. The molecule has 4 amide bonds. The second-order valence-corrected chi connectivity index (χ2v) is 11.8. The molecule has 2 aromatic carbocycles. The number of nitrogens with zero attached hydrogens (tertiary/aromatic N) is 2. The molecule has 3 fully saturated rings. The fourth-order valence-corrected chi connectivity index (χ4v) is 7.58. The zero-order valence-corrected chi connectivity index (χ0v) is 22.8. The first-order chi connectivity index (χ1) is 18.9. The number of amides is 4. The molecule has 2 aromatic rings. The molecule has 0 radical (unpaired) electrons. The van der Waals surface area contributed by atoms with Crippen molar-refractivity contribution in [3.05, 3.63) is 77.4 Å². The van der Waals surface area contributed by atoms with E-state index in [9.17, 15) is 14.4 Å². The van der Waals surface area contributed by atoms with Crippen molar-refractivity contribution in [2.45, 2.75) is 43.6 Å². The number of urea groups is 1. The molecule has 3 saturated heterocycles. The fraction of sp³-hybridized carbons (Fsp3) is 0.367. The van der Waals surface area contributed by atoms with Gasteiger partial charge in [-0.3, -0.25) is 14.5 Å². The summed E-state index contributed by atoms with van der Waals surface area (Å²) in [5.74, 6) is -0.316. The zero-order valence-electron chi connectivity index (χ0n) is 22.0. The Hall–Kier alpha value is -3.56. The molecule has 0 bridgehead atoms. The predicted molar refractivity (Wildman–Crippen MR) is 154 cm³/mol. The van der Waals surface area contributed by atoms with E-state index in [2.05, 4.69) is 65.9 Å². The van der Waals surface area contributed by atoms with Gasteiger partial charge in [0.15, 0.2) is 0 Å². The minimum Gasteiger partial charge on any atom is -0.347 e. The number of rotatable bonds is 5. The Bertz CT molecular complexity index is 1360. The van der Waals surface area contributed by atoms with E-state index in [1.165, 1.54) is 23.4 Å². The van der Waals surface area contributed by atoms with E-state index in [-0.39, 0.29) is 41.2 Å². The van der Waals surface area contributed by atoms with Crippen LogP contribution in [0.4, 0.5) is 10.5 Å². The van der Waals surface area contributed by atoms with Crippen molar-refractivity contribution in [1.29, 1.82) is 0 Å². The largest absolute Gasteiger partial charge is 0.347 e. The van der Waals surface area contributed by atoms with Crippen molar-refractivity contribution < 1.29 is 14.4 Å². The molecule has 9 heteroatoms. The molecule has 202 valence electrons. The number of benzene rings is 2. The van der Waals surface area contributed by atoms with Gasteiger partial charge in [-0.1, -0.05) is 60.3 Å². The van der Waals surface area contributed by atoms with Crippen LogP contribution in [0.15, 0.2) is 71.8 Å². The zero-order chi connectivity index (χ0) is 27.1. The monoisotopic (exact) mass is 543 g/mol. The Morgan fingerprint density at radius 3 is 2.74 bits per heavy atom. The highest BCUT2D eigenvalue weighted by Gasteiger charge is 2.51. The average Bonchev–Trinajstić information content (AvgIpc) is 3.33. The highest BCUT2D eigenvalue weighted by atomic mass is 32.2. The number of hydrogen-bond acceptors (Lipinski definition) is 5. The third-order valence-electron chi connectivity index (χ3n) is 8.10. The molecule has 3 unspecified atom stereocenters. The van der Waals surface area contributed by atoms with Crippen molar-refractivity contribution in [3.8, 4) is 11.1 Å². The molecule has 4 aliphatic heterocycles. The van der Waals surface area contributed by atoms with Gasteiger partial charge >= 0.3 is 6.03 Å². The van der Waals surface area contributed by atoms with E-state index in [1.54, 1.807) is 4.90 Å². The summed E-state index contributed by atoms with van der Waals surface area (Å²) in [6.45, 7) is 7.55. The lowest BCUT2D eigenvalue weighted by molar-refractivity contribution is -0.128. The molecule has 0 saturated carbocycles. The maximum atomic E-state index is 13.6. The number of nitrogens with one attached hydrogen (secondary N) is 3. The maximum absolute atomic E-state index is 13.6. The molecule has 4 aliphatic rings. The van der Waals surface area contributed by atoms with Gasteiger partial charge in [0.1, 0.15) is 0 Å². The number of likely N-dealkylation sites (tertiary alicyclic amines) is 1. The SMILES string of the molecule is C=CC(=O)N1CCC[C@@H](NC(=O)C2=C3NC(=O)N(c4cccc(-c5ccc(C)cc5)c4)C4CCNC(S2)C34)C1. The van der Waals surface area contributed by atoms with Gasteiger partial charge in [-0.25, -0.2) is 4.79 Å². The normalized spacial score (nSPS) is 26.1. The van der Waals surface area contributed by atoms with Gasteiger partial charge in [0.25, 0.3) is 5.91 Å². The summed E-state index contributed by atoms with van der Waals surface area (Å²) in [5.41, 5.74) is 4.94. The van der Waals surface area contributed by atoms with Crippen molar-refractivity contribution in [3.63, 3.8) is 0 Å². The van der Waals surface area contributed by atoms with Gasteiger partial charge in [0, 0.05) is 36.4 Å². The highest BCUT2D eigenvalue weighted by Crippen LogP contribution is 2.48. The van der Waals surface area contributed by atoms with Crippen molar-refractivity contribution >= 4 is 35.3 Å². The van der Waals surface area contributed by atoms with E-state index >= 15 is 0 Å². The van der Waals surface area contributed by atoms with Gasteiger partial charge < -0.3 is 20.9 Å². The summed E-state index contributed by atoms with van der Waals surface area (Å²) in [6.07, 6.45) is 3.75. The Kier molecular flexibility index (Phi) is 6.95. The molecular formula is C30H33N5O3S. The molecule has 39 heavy (non-hydrogen) atoms. The first kappa shape index (κ1) is 25.7. The number of aryl methyl sites for hydroxylation is 1. The molecule has 0 aliphatic carbocycles. The first-order valence-electron chi connectivity index (χ1n) is 13.6. The van der Waals surface area contributed by atoms with Crippen molar-refractivity contribution in [2.75, 3.05) is 24.5 Å². The second kappa shape index (κ2) is 10.5. The average molecular weight is 544 g/mol. The van der Waals surface area contributed by atoms with Crippen LogP contribution < -0.4 is 20.9 Å². The lowest BCUT2D eigenvalue weighted by Gasteiger charge is -2.45. The van der Waals surface area contributed by atoms with Crippen LogP contribution in [-0.4, -0.2) is 59.8 Å².